The molecule has 0 unspecified atom stereocenters. The third-order valence-electron chi connectivity index (χ3n) is 6.03. The van der Waals surface area contributed by atoms with Crippen LogP contribution in [0.5, 0.6) is 0 Å². The van der Waals surface area contributed by atoms with Gasteiger partial charge in [0.2, 0.25) is 5.65 Å². The molecule has 1 saturated carbocycles. The first-order chi connectivity index (χ1) is 13.2. The van der Waals surface area contributed by atoms with Crippen LogP contribution in [0.4, 0.5) is 0 Å². The van der Waals surface area contributed by atoms with E-state index < -0.39 is 0 Å². The molecule has 27 heavy (non-hydrogen) atoms. The average Bonchev–Trinajstić information content (AvgIpc) is 3.37. The highest BCUT2D eigenvalue weighted by atomic mass is 16.2. The molecule has 3 aromatic rings. The first-order valence-electron chi connectivity index (χ1n) is 9.81. The number of hydrogen-bond acceptors (Lipinski definition) is 5. The zero-order valence-corrected chi connectivity index (χ0v) is 15.6. The number of carbonyl (C=O) groups excluding carboxylic acids is 1. The predicted octanol–water partition coefficient (Wildman–Crippen LogP) is 2.48. The molecule has 0 atom stereocenters. The standard InChI is InChI=1S/C20H24N6O/c1-24-8-10-25(11-9-24)20(27)14-6-7-17-16(12-14)18-19(23-22-17)21-13-26(18)15-4-2-3-5-15/h6-7,12-13,15H,2-5,8-11H2,1H3. The summed E-state index contributed by atoms with van der Waals surface area (Å²) in [4.78, 5) is 21.7. The number of carbonyl (C=O) groups is 1. The maximum absolute atomic E-state index is 13.0. The van der Waals surface area contributed by atoms with Crippen LogP contribution >= 0.6 is 0 Å². The van der Waals surface area contributed by atoms with Gasteiger partial charge in [-0.25, -0.2) is 4.98 Å². The van der Waals surface area contributed by atoms with Crippen LogP contribution in [0.15, 0.2) is 24.5 Å². The molecule has 1 amide bonds. The van der Waals surface area contributed by atoms with E-state index in [4.69, 9.17) is 0 Å². The number of amides is 1. The molecule has 0 bridgehead atoms. The largest absolute Gasteiger partial charge is 0.336 e. The Balaban J connectivity index is 1.58. The van der Waals surface area contributed by atoms with Gasteiger partial charge >= 0.3 is 0 Å². The number of rotatable bonds is 2. The van der Waals surface area contributed by atoms with E-state index in [1.54, 1.807) is 0 Å². The summed E-state index contributed by atoms with van der Waals surface area (Å²) >= 11 is 0. The number of benzene rings is 1. The van der Waals surface area contributed by atoms with Crippen molar-refractivity contribution in [1.82, 2.24) is 29.5 Å². The van der Waals surface area contributed by atoms with Gasteiger partial charge in [0.1, 0.15) is 0 Å². The number of hydrogen-bond donors (Lipinski definition) is 0. The van der Waals surface area contributed by atoms with Crippen LogP contribution in [0.25, 0.3) is 22.1 Å². The molecule has 2 aliphatic rings. The molecule has 1 aliphatic heterocycles. The second-order valence-corrected chi connectivity index (χ2v) is 7.79. The lowest BCUT2D eigenvalue weighted by Crippen LogP contribution is -2.47. The molecule has 1 aromatic carbocycles. The second kappa shape index (κ2) is 6.56. The number of piperazine rings is 1. The Morgan fingerprint density at radius 1 is 1.07 bits per heavy atom. The van der Waals surface area contributed by atoms with E-state index in [0.29, 0.717) is 11.7 Å². The highest BCUT2D eigenvalue weighted by molar-refractivity contribution is 6.05. The fourth-order valence-electron chi connectivity index (χ4n) is 4.38. The number of nitrogens with zero attached hydrogens (tertiary/aromatic N) is 6. The quantitative estimate of drug-likeness (QED) is 0.699. The lowest BCUT2D eigenvalue weighted by molar-refractivity contribution is 0.0664. The van der Waals surface area contributed by atoms with Crippen molar-refractivity contribution >= 4 is 28.0 Å². The number of fused-ring (bicyclic) bond motifs is 3. The first-order valence-corrected chi connectivity index (χ1v) is 9.81. The fraction of sp³-hybridized carbons (Fsp3) is 0.500. The Hall–Kier alpha value is -2.54. The van der Waals surface area contributed by atoms with Gasteiger partial charge < -0.3 is 14.4 Å². The molecular formula is C20H24N6O. The maximum Gasteiger partial charge on any atom is 0.253 e. The SMILES string of the molecule is CN1CCN(C(=O)c2ccc3nnc4ncn(C5CCCC5)c4c3c2)CC1. The zero-order chi connectivity index (χ0) is 18.4. The molecule has 2 fully saturated rings. The summed E-state index contributed by atoms with van der Waals surface area (Å²) in [6.45, 7) is 3.39. The van der Waals surface area contributed by atoms with E-state index in [1.165, 1.54) is 25.7 Å². The summed E-state index contributed by atoms with van der Waals surface area (Å²) in [6, 6.07) is 6.25. The van der Waals surface area contributed by atoms with Crippen LogP contribution in [-0.4, -0.2) is 68.7 Å². The van der Waals surface area contributed by atoms with Crippen molar-refractivity contribution in [2.75, 3.05) is 33.2 Å². The lowest BCUT2D eigenvalue weighted by atomic mass is 10.1. The summed E-state index contributed by atoms with van der Waals surface area (Å²) < 4.78 is 2.25. The average molecular weight is 364 g/mol. The molecule has 0 spiro atoms. The van der Waals surface area contributed by atoms with Crippen LogP contribution in [0.1, 0.15) is 42.1 Å². The van der Waals surface area contributed by atoms with E-state index >= 15 is 0 Å². The molecule has 7 nitrogen and oxygen atoms in total. The molecule has 7 heteroatoms. The Morgan fingerprint density at radius 2 is 1.85 bits per heavy atom. The van der Waals surface area contributed by atoms with Gasteiger partial charge in [0.15, 0.2) is 0 Å². The van der Waals surface area contributed by atoms with Crippen molar-refractivity contribution in [3.8, 4) is 0 Å². The van der Waals surface area contributed by atoms with Crippen LogP contribution in [0.2, 0.25) is 0 Å². The van der Waals surface area contributed by atoms with Crippen molar-refractivity contribution in [2.24, 2.45) is 0 Å². The lowest BCUT2D eigenvalue weighted by Gasteiger charge is -2.32. The Kier molecular flexibility index (Phi) is 4.04. The summed E-state index contributed by atoms with van der Waals surface area (Å²) in [5.41, 5.74) is 3.22. The van der Waals surface area contributed by atoms with E-state index in [9.17, 15) is 4.79 Å². The minimum Gasteiger partial charge on any atom is -0.336 e. The monoisotopic (exact) mass is 364 g/mol. The summed E-state index contributed by atoms with van der Waals surface area (Å²) in [5, 5.41) is 9.58. The van der Waals surface area contributed by atoms with Crippen LogP contribution in [0, 0.1) is 0 Å². The molecule has 0 radical (unpaired) electrons. The normalized spacial score (nSPS) is 19.4. The molecular weight excluding hydrogens is 340 g/mol. The maximum atomic E-state index is 13.0. The minimum atomic E-state index is 0.0990. The Morgan fingerprint density at radius 3 is 2.63 bits per heavy atom. The summed E-state index contributed by atoms with van der Waals surface area (Å²) in [7, 11) is 2.09. The van der Waals surface area contributed by atoms with Crippen molar-refractivity contribution in [3.05, 3.63) is 30.1 Å². The highest BCUT2D eigenvalue weighted by Crippen LogP contribution is 2.33. The Labute approximate surface area is 158 Å². The van der Waals surface area contributed by atoms with Gasteiger partial charge in [0.05, 0.1) is 17.4 Å². The molecule has 140 valence electrons. The fourth-order valence-corrected chi connectivity index (χ4v) is 4.38. The smallest absolute Gasteiger partial charge is 0.253 e. The van der Waals surface area contributed by atoms with Gasteiger partial charge in [-0.1, -0.05) is 12.8 Å². The third kappa shape index (κ3) is 2.86. The predicted molar refractivity (Wildman–Crippen MR) is 104 cm³/mol. The molecule has 0 N–H and O–H groups in total. The number of imidazole rings is 1. The molecule has 2 aromatic heterocycles. The Bertz CT molecular complexity index is 998. The number of likely N-dealkylation sites (N-methyl/N-ethyl adjacent to an activating group) is 1. The molecule has 1 saturated heterocycles. The van der Waals surface area contributed by atoms with E-state index in [1.807, 2.05) is 29.4 Å². The van der Waals surface area contributed by atoms with Crippen molar-refractivity contribution in [3.63, 3.8) is 0 Å². The second-order valence-electron chi connectivity index (χ2n) is 7.79. The van der Waals surface area contributed by atoms with E-state index in [0.717, 1.165) is 48.2 Å². The first kappa shape index (κ1) is 16.6. The third-order valence-corrected chi connectivity index (χ3v) is 6.03. The van der Waals surface area contributed by atoms with Gasteiger partial charge in [0, 0.05) is 43.2 Å². The van der Waals surface area contributed by atoms with Gasteiger partial charge in [-0.2, -0.15) is 0 Å². The molecule has 3 heterocycles. The topological polar surface area (TPSA) is 67.2 Å². The van der Waals surface area contributed by atoms with E-state index in [-0.39, 0.29) is 5.91 Å². The summed E-state index contributed by atoms with van der Waals surface area (Å²) in [6.07, 6.45) is 6.76. The zero-order valence-electron chi connectivity index (χ0n) is 15.6. The van der Waals surface area contributed by atoms with Crippen molar-refractivity contribution in [2.45, 2.75) is 31.7 Å². The van der Waals surface area contributed by atoms with Crippen LogP contribution < -0.4 is 0 Å². The van der Waals surface area contributed by atoms with Crippen LogP contribution in [-0.2, 0) is 0 Å². The van der Waals surface area contributed by atoms with Gasteiger partial charge in [-0.15, -0.1) is 10.2 Å². The molecule has 5 rings (SSSR count). The van der Waals surface area contributed by atoms with Gasteiger partial charge in [0.25, 0.3) is 5.91 Å². The highest BCUT2D eigenvalue weighted by Gasteiger charge is 2.23. The van der Waals surface area contributed by atoms with Crippen molar-refractivity contribution in [1.29, 1.82) is 0 Å². The van der Waals surface area contributed by atoms with Gasteiger partial charge in [-0.3, -0.25) is 4.79 Å². The van der Waals surface area contributed by atoms with Crippen LogP contribution in [0.3, 0.4) is 0 Å². The van der Waals surface area contributed by atoms with Gasteiger partial charge in [-0.05, 0) is 38.1 Å². The number of aromatic nitrogens is 4. The summed E-state index contributed by atoms with van der Waals surface area (Å²) in [5.74, 6) is 0.0990. The van der Waals surface area contributed by atoms with Crippen molar-refractivity contribution < 1.29 is 4.79 Å². The van der Waals surface area contributed by atoms with E-state index in [2.05, 4.69) is 31.7 Å². The molecule has 1 aliphatic carbocycles. The minimum absolute atomic E-state index is 0.0990.